The van der Waals surface area contributed by atoms with Gasteiger partial charge in [-0.25, -0.2) is 4.79 Å². The van der Waals surface area contributed by atoms with E-state index in [0.29, 0.717) is 11.0 Å². The first-order chi connectivity index (χ1) is 20.6. The number of nitrogens with zero attached hydrogens (tertiary/aromatic N) is 1. The minimum atomic E-state index is -0.320. The number of aromatic nitrogens is 1. The maximum atomic E-state index is 13.0. The van der Waals surface area contributed by atoms with E-state index in [-0.39, 0.29) is 5.63 Å². The summed E-state index contributed by atoms with van der Waals surface area (Å²) in [7, 11) is 0. The van der Waals surface area contributed by atoms with Crippen molar-refractivity contribution in [1.29, 1.82) is 0 Å². The van der Waals surface area contributed by atoms with E-state index in [9.17, 15) is 4.79 Å². The van der Waals surface area contributed by atoms with Crippen molar-refractivity contribution in [3.05, 3.63) is 137 Å². The van der Waals surface area contributed by atoms with Gasteiger partial charge in [0.15, 0.2) is 5.58 Å². The van der Waals surface area contributed by atoms with Crippen LogP contribution in [0.5, 0.6) is 0 Å². The monoisotopic (exact) mass is 541 g/mol. The van der Waals surface area contributed by atoms with E-state index in [2.05, 4.69) is 83.4 Å². The third-order valence-corrected chi connectivity index (χ3v) is 8.50. The third kappa shape index (κ3) is 3.20. The lowest BCUT2D eigenvalue weighted by atomic mass is 9.98. The highest BCUT2D eigenvalue weighted by atomic mass is 16.4. The molecule has 4 nitrogen and oxygen atoms in total. The summed E-state index contributed by atoms with van der Waals surface area (Å²) in [4.78, 5) is 13.0. The van der Waals surface area contributed by atoms with Crippen LogP contribution in [0.3, 0.4) is 0 Å². The molecule has 0 fully saturated rings. The lowest BCUT2D eigenvalue weighted by Gasteiger charge is -2.09. The molecule has 0 saturated heterocycles. The van der Waals surface area contributed by atoms with Gasteiger partial charge < -0.3 is 13.4 Å². The fraction of sp³-hybridized carbons (Fsp3) is 0.0263. The van der Waals surface area contributed by atoms with Gasteiger partial charge in [-0.1, -0.05) is 78.4 Å². The Hall–Kier alpha value is -5.61. The highest BCUT2D eigenvalue weighted by molar-refractivity contribution is 6.13. The van der Waals surface area contributed by atoms with E-state index in [0.717, 1.165) is 76.9 Å². The first-order valence-corrected chi connectivity index (χ1v) is 14.1. The number of benzene rings is 6. The van der Waals surface area contributed by atoms with E-state index in [1.165, 1.54) is 0 Å². The second kappa shape index (κ2) is 8.45. The summed E-state index contributed by atoms with van der Waals surface area (Å²) in [5.74, 6) is 0. The van der Waals surface area contributed by atoms with Crippen LogP contribution in [-0.4, -0.2) is 4.57 Å². The van der Waals surface area contributed by atoms with Crippen molar-refractivity contribution in [2.45, 2.75) is 6.92 Å². The number of fused-ring (bicyclic) bond motifs is 9. The molecule has 4 heteroatoms. The molecule has 0 saturated carbocycles. The van der Waals surface area contributed by atoms with Crippen molar-refractivity contribution < 1.29 is 8.83 Å². The molecular formula is C38H23NO3. The summed E-state index contributed by atoms with van der Waals surface area (Å²) in [6, 6.07) is 41.5. The normalized spacial score (nSPS) is 12.0. The van der Waals surface area contributed by atoms with Crippen LogP contribution in [0.4, 0.5) is 0 Å². The second-order valence-corrected chi connectivity index (χ2v) is 11.0. The molecule has 198 valence electrons. The molecule has 0 bridgehead atoms. The molecule has 0 spiro atoms. The minimum Gasteiger partial charge on any atom is -0.454 e. The van der Waals surface area contributed by atoms with Crippen molar-refractivity contribution in [2.75, 3.05) is 0 Å². The maximum Gasteiger partial charge on any atom is 0.344 e. The van der Waals surface area contributed by atoms with E-state index in [4.69, 9.17) is 8.83 Å². The van der Waals surface area contributed by atoms with Gasteiger partial charge in [0.2, 0.25) is 0 Å². The first kappa shape index (κ1) is 23.1. The smallest absolute Gasteiger partial charge is 0.344 e. The lowest BCUT2D eigenvalue weighted by Crippen LogP contribution is -2.00. The van der Waals surface area contributed by atoms with Gasteiger partial charge in [0.05, 0.1) is 22.1 Å². The van der Waals surface area contributed by atoms with Gasteiger partial charge in [0.1, 0.15) is 11.2 Å². The summed E-state index contributed by atoms with van der Waals surface area (Å²) in [6.07, 6.45) is 0. The molecule has 9 aromatic rings. The molecule has 0 radical (unpaired) electrons. The Bertz CT molecular complexity index is 2620. The van der Waals surface area contributed by atoms with Gasteiger partial charge in [-0.15, -0.1) is 0 Å². The zero-order valence-corrected chi connectivity index (χ0v) is 22.7. The molecule has 3 aromatic heterocycles. The van der Waals surface area contributed by atoms with Crippen LogP contribution in [0.1, 0.15) is 5.56 Å². The van der Waals surface area contributed by atoms with Crippen molar-refractivity contribution in [2.24, 2.45) is 0 Å². The Kier molecular flexibility index (Phi) is 4.65. The number of para-hydroxylation sites is 3. The quantitative estimate of drug-likeness (QED) is 0.162. The van der Waals surface area contributed by atoms with Crippen LogP contribution in [0.25, 0.3) is 82.3 Å². The molecule has 9 rings (SSSR count). The van der Waals surface area contributed by atoms with Gasteiger partial charge >= 0.3 is 5.63 Å². The number of rotatable bonds is 2. The van der Waals surface area contributed by atoms with Gasteiger partial charge in [0.25, 0.3) is 0 Å². The molecule has 0 aliphatic heterocycles. The van der Waals surface area contributed by atoms with Crippen molar-refractivity contribution in [3.8, 4) is 16.8 Å². The molecule has 0 N–H and O–H groups in total. The molecule has 0 aliphatic carbocycles. The van der Waals surface area contributed by atoms with E-state index in [1.807, 2.05) is 49.4 Å². The van der Waals surface area contributed by atoms with Crippen molar-refractivity contribution in [1.82, 2.24) is 4.57 Å². The SMILES string of the molecule is Cc1ccc2oc(=O)c3cc(-c4ccc5c(c4)c4ccccc4n5-c4cccc5c4oc4ccccc45)ccc3c2c1. The van der Waals surface area contributed by atoms with Crippen LogP contribution in [0, 0.1) is 6.92 Å². The van der Waals surface area contributed by atoms with Gasteiger partial charge in [0, 0.05) is 26.9 Å². The van der Waals surface area contributed by atoms with E-state index < -0.39 is 0 Å². The number of furan rings is 1. The van der Waals surface area contributed by atoms with Crippen LogP contribution in [0.15, 0.2) is 135 Å². The lowest BCUT2D eigenvalue weighted by molar-refractivity contribution is 0.569. The number of hydrogen-bond donors (Lipinski definition) is 0. The largest absolute Gasteiger partial charge is 0.454 e. The van der Waals surface area contributed by atoms with E-state index >= 15 is 0 Å². The molecule has 0 atom stereocenters. The van der Waals surface area contributed by atoms with Crippen molar-refractivity contribution in [3.63, 3.8) is 0 Å². The summed E-state index contributed by atoms with van der Waals surface area (Å²) < 4.78 is 14.4. The molecule has 6 aromatic carbocycles. The van der Waals surface area contributed by atoms with Gasteiger partial charge in [-0.05, 0) is 72.0 Å². The summed E-state index contributed by atoms with van der Waals surface area (Å²) >= 11 is 0. The average molecular weight is 542 g/mol. The standard InChI is InChI=1S/C38H23NO3/c1-22-13-18-36-30(19-22)25-16-14-23(21-31(25)38(40)42-36)24-15-17-33-29(20-24)26-7-2-4-10-32(26)39(33)34-11-6-9-28-27-8-3-5-12-35(27)41-37(28)34/h2-21H,1H3. The van der Waals surface area contributed by atoms with Crippen LogP contribution >= 0.6 is 0 Å². The Morgan fingerprint density at radius 1 is 0.500 bits per heavy atom. The minimum absolute atomic E-state index is 0.320. The van der Waals surface area contributed by atoms with Crippen LogP contribution in [0.2, 0.25) is 0 Å². The fourth-order valence-electron chi connectivity index (χ4n) is 6.55. The van der Waals surface area contributed by atoms with E-state index in [1.54, 1.807) is 0 Å². The topological polar surface area (TPSA) is 48.3 Å². The fourth-order valence-corrected chi connectivity index (χ4v) is 6.55. The average Bonchev–Trinajstić information content (AvgIpc) is 3.57. The Morgan fingerprint density at radius 3 is 2.12 bits per heavy atom. The Balaban J connectivity index is 1.29. The van der Waals surface area contributed by atoms with Gasteiger partial charge in [-0.3, -0.25) is 0 Å². The van der Waals surface area contributed by atoms with Crippen LogP contribution < -0.4 is 5.63 Å². The molecular weight excluding hydrogens is 518 g/mol. The molecule has 0 unspecified atom stereocenters. The summed E-state index contributed by atoms with van der Waals surface area (Å²) in [5, 5.41) is 6.95. The zero-order valence-electron chi connectivity index (χ0n) is 22.7. The predicted octanol–water partition coefficient (Wildman–Crippen LogP) is 9.92. The molecule has 0 amide bonds. The van der Waals surface area contributed by atoms with Crippen LogP contribution in [-0.2, 0) is 0 Å². The van der Waals surface area contributed by atoms with Gasteiger partial charge in [-0.2, -0.15) is 0 Å². The highest BCUT2D eigenvalue weighted by Gasteiger charge is 2.18. The highest BCUT2D eigenvalue weighted by Crippen LogP contribution is 2.39. The van der Waals surface area contributed by atoms with Crippen molar-refractivity contribution >= 4 is 65.5 Å². The molecule has 42 heavy (non-hydrogen) atoms. The molecule has 3 heterocycles. The third-order valence-electron chi connectivity index (χ3n) is 8.50. The summed E-state index contributed by atoms with van der Waals surface area (Å²) in [6.45, 7) is 2.05. The zero-order chi connectivity index (χ0) is 27.9. The number of aryl methyl sites for hydroxylation is 1. The second-order valence-electron chi connectivity index (χ2n) is 11.0. The summed E-state index contributed by atoms with van der Waals surface area (Å²) in [5.41, 5.74) is 8.39. The predicted molar refractivity (Wildman–Crippen MR) is 172 cm³/mol. The molecule has 0 aliphatic rings. The maximum absolute atomic E-state index is 13.0. The number of hydrogen-bond acceptors (Lipinski definition) is 3. The Labute approximate surface area is 239 Å². The Morgan fingerprint density at radius 2 is 1.21 bits per heavy atom. The first-order valence-electron chi connectivity index (χ1n) is 14.1.